The van der Waals surface area contributed by atoms with Gasteiger partial charge in [-0.1, -0.05) is 98.1 Å². The highest BCUT2D eigenvalue weighted by atomic mass is 16.5. The Labute approximate surface area is 274 Å². The molecule has 242 valence electrons. The minimum Gasteiger partial charge on any atom is -0.485 e. The van der Waals surface area contributed by atoms with Gasteiger partial charge in [0.25, 0.3) is 0 Å². The summed E-state index contributed by atoms with van der Waals surface area (Å²) in [5.41, 5.74) is 13.4. The SMILES string of the molecule is COC(=O)c1ccc(CCNCCCCCCC2c3ccc(OCc4ccccc4)c(OCc4ccccc4)c3CCC2N)cc1. The van der Waals surface area contributed by atoms with E-state index in [1.807, 2.05) is 60.7 Å². The number of nitrogens with one attached hydrogen (secondary N) is 1. The quantitative estimate of drug-likeness (QED) is 0.0927. The summed E-state index contributed by atoms with van der Waals surface area (Å²) >= 11 is 0. The van der Waals surface area contributed by atoms with Gasteiger partial charge < -0.3 is 25.3 Å². The molecule has 0 saturated heterocycles. The van der Waals surface area contributed by atoms with Gasteiger partial charge in [-0.15, -0.1) is 0 Å². The number of carbonyl (C=O) groups is 1. The molecular weight excluding hydrogens is 572 g/mol. The molecule has 46 heavy (non-hydrogen) atoms. The molecule has 0 saturated carbocycles. The van der Waals surface area contributed by atoms with Crippen LogP contribution in [0.5, 0.6) is 11.5 Å². The number of esters is 1. The number of unbranched alkanes of at least 4 members (excludes halogenated alkanes) is 3. The molecule has 2 atom stereocenters. The molecule has 6 heteroatoms. The minimum atomic E-state index is -0.296. The number of carbonyl (C=O) groups excluding carboxylic acids is 1. The van der Waals surface area contributed by atoms with Crippen molar-refractivity contribution in [2.75, 3.05) is 20.2 Å². The molecule has 0 aliphatic heterocycles. The van der Waals surface area contributed by atoms with Crippen molar-refractivity contribution in [3.05, 3.63) is 130 Å². The number of benzene rings is 4. The van der Waals surface area contributed by atoms with Gasteiger partial charge in [-0.25, -0.2) is 4.79 Å². The van der Waals surface area contributed by atoms with Crippen molar-refractivity contribution >= 4 is 5.97 Å². The summed E-state index contributed by atoms with van der Waals surface area (Å²) in [4.78, 5) is 11.6. The van der Waals surface area contributed by atoms with Gasteiger partial charge in [0.05, 0.1) is 12.7 Å². The van der Waals surface area contributed by atoms with E-state index in [4.69, 9.17) is 19.9 Å². The Morgan fingerprint density at radius 3 is 2.13 bits per heavy atom. The lowest BCUT2D eigenvalue weighted by molar-refractivity contribution is 0.0600. The summed E-state index contributed by atoms with van der Waals surface area (Å²) in [5.74, 6) is 1.71. The summed E-state index contributed by atoms with van der Waals surface area (Å²) in [7, 11) is 1.41. The monoisotopic (exact) mass is 620 g/mol. The zero-order chi connectivity index (χ0) is 32.0. The van der Waals surface area contributed by atoms with E-state index in [0.717, 1.165) is 74.2 Å². The van der Waals surface area contributed by atoms with Gasteiger partial charge in [-0.3, -0.25) is 0 Å². The Balaban J connectivity index is 1.11. The zero-order valence-electron chi connectivity index (χ0n) is 27.1. The van der Waals surface area contributed by atoms with E-state index in [-0.39, 0.29) is 12.0 Å². The van der Waals surface area contributed by atoms with Crippen LogP contribution in [-0.4, -0.2) is 32.2 Å². The molecule has 3 N–H and O–H groups in total. The van der Waals surface area contributed by atoms with Crippen LogP contribution in [0.2, 0.25) is 0 Å². The second kappa shape index (κ2) is 17.5. The fourth-order valence-electron chi connectivity index (χ4n) is 6.33. The molecule has 0 bridgehead atoms. The number of hydrogen-bond donors (Lipinski definition) is 2. The average Bonchev–Trinajstić information content (AvgIpc) is 3.10. The van der Waals surface area contributed by atoms with Crippen LogP contribution in [0.3, 0.4) is 0 Å². The summed E-state index contributed by atoms with van der Waals surface area (Å²) < 4.78 is 17.7. The van der Waals surface area contributed by atoms with E-state index in [0.29, 0.717) is 24.7 Å². The van der Waals surface area contributed by atoms with Gasteiger partial charge in [-0.05, 0) is 91.6 Å². The van der Waals surface area contributed by atoms with Crippen molar-refractivity contribution in [3.63, 3.8) is 0 Å². The second-order valence-corrected chi connectivity index (χ2v) is 12.2. The lowest BCUT2D eigenvalue weighted by atomic mass is 9.76. The van der Waals surface area contributed by atoms with E-state index in [1.165, 1.54) is 36.6 Å². The largest absolute Gasteiger partial charge is 0.485 e. The van der Waals surface area contributed by atoms with Gasteiger partial charge >= 0.3 is 5.97 Å². The third-order valence-corrected chi connectivity index (χ3v) is 8.95. The minimum absolute atomic E-state index is 0.161. The van der Waals surface area contributed by atoms with Crippen molar-refractivity contribution < 1.29 is 19.0 Å². The van der Waals surface area contributed by atoms with Crippen LogP contribution in [-0.2, 0) is 30.8 Å². The Kier molecular flexibility index (Phi) is 12.7. The third-order valence-electron chi connectivity index (χ3n) is 8.95. The Bertz CT molecular complexity index is 1490. The molecular formula is C40H48N2O4. The Hall–Kier alpha value is -4.13. The molecule has 0 amide bonds. The van der Waals surface area contributed by atoms with Gasteiger partial charge in [0.2, 0.25) is 0 Å². The maximum Gasteiger partial charge on any atom is 0.337 e. The molecule has 0 radical (unpaired) electrons. The second-order valence-electron chi connectivity index (χ2n) is 12.2. The molecule has 6 nitrogen and oxygen atoms in total. The first-order chi connectivity index (χ1) is 22.6. The number of rotatable bonds is 17. The fourth-order valence-corrected chi connectivity index (χ4v) is 6.33. The van der Waals surface area contributed by atoms with Crippen molar-refractivity contribution in [2.24, 2.45) is 5.73 Å². The van der Waals surface area contributed by atoms with E-state index in [1.54, 1.807) is 0 Å². The summed E-state index contributed by atoms with van der Waals surface area (Å²) in [6, 6.07) is 32.7. The summed E-state index contributed by atoms with van der Waals surface area (Å²) in [5, 5.41) is 3.56. The Morgan fingerprint density at radius 1 is 0.761 bits per heavy atom. The molecule has 0 spiro atoms. The van der Waals surface area contributed by atoms with Crippen molar-refractivity contribution in [3.8, 4) is 11.5 Å². The molecule has 4 aromatic rings. The van der Waals surface area contributed by atoms with Crippen molar-refractivity contribution in [1.82, 2.24) is 5.32 Å². The first kappa shape index (κ1) is 33.2. The van der Waals surface area contributed by atoms with Crippen LogP contribution in [0, 0.1) is 0 Å². The molecule has 0 heterocycles. The van der Waals surface area contributed by atoms with Gasteiger partial charge in [0, 0.05) is 11.6 Å². The lowest BCUT2D eigenvalue weighted by Gasteiger charge is -2.33. The first-order valence-electron chi connectivity index (χ1n) is 16.7. The van der Waals surface area contributed by atoms with Crippen LogP contribution >= 0.6 is 0 Å². The van der Waals surface area contributed by atoms with Crippen LogP contribution < -0.4 is 20.5 Å². The molecule has 1 aliphatic rings. The smallest absolute Gasteiger partial charge is 0.337 e. The topological polar surface area (TPSA) is 82.8 Å². The average molecular weight is 621 g/mol. The number of methoxy groups -OCH3 is 1. The number of nitrogens with two attached hydrogens (primary N) is 1. The van der Waals surface area contributed by atoms with Crippen LogP contribution in [0.15, 0.2) is 97.1 Å². The Morgan fingerprint density at radius 2 is 1.43 bits per heavy atom. The molecule has 0 aromatic heterocycles. The number of fused-ring (bicyclic) bond motifs is 1. The summed E-state index contributed by atoms with van der Waals surface area (Å²) in [6.07, 6.45) is 8.61. The van der Waals surface area contributed by atoms with E-state index >= 15 is 0 Å². The lowest BCUT2D eigenvalue weighted by Crippen LogP contribution is -2.33. The van der Waals surface area contributed by atoms with E-state index in [2.05, 4.69) is 41.7 Å². The highest BCUT2D eigenvalue weighted by Crippen LogP contribution is 2.44. The highest BCUT2D eigenvalue weighted by molar-refractivity contribution is 5.89. The van der Waals surface area contributed by atoms with Gasteiger partial charge in [0.1, 0.15) is 13.2 Å². The highest BCUT2D eigenvalue weighted by Gasteiger charge is 2.30. The van der Waals surface area contributed by atoms with Crippen LogP contribution in [0.1, 0.15) is 82.6 Å². The molecule has 2 unspecified atom stereocenters. The van der Waals surface area contributed by atoms with Gasteiger partial charge in [-0.2, -0.15) is 0 Å². The van der Waals surface area contributed by atoms with Crippen molar-refractivity contribution in [1.29, 1.82) is 0 Å². The van der Waals surface area contributed by atoms with Crippen LogP contribution in [0.25, 0.3) is 0 Å². The molecule has 1 aliphatic carbocycles. The fraction of sp³-hybridized carbons (Fsp3) is 0.375. The third kappa shape index (κ3) is 9.44. The number of hydrogen-bond acceptors (Lipinski definition) is 6. The molecule has 4 aromatic carbocycles. The molecule has 5 rings (SSSR count). The zero-order valence-corrected chi connectivity index (χ0v) is 27.1. The number of ether oxygens (including phenoxy) is 3. The standard InChI is InChI=1S/C40H48N2O4/c1-44-40(43)33-19-17-30(18-20-33)25-27-42-26-11-3-2-10-16-35-34-22-24-38(45-28-31-12-6-4-7-13-31)39(36(34)21-23-37(35)41)46-29-32-14-8-5-9-15-32/h4-9,12-15,17-20,22,24,35,37,42H,2-3,10-11,16,21,23,25-29,41H2,1H3. The van der Waals surface area contributed by atoms with Crippen LogP contribution in [0.4, 0.5) is 0 Å². The van der Waals surface area contributed by atoms with E-state index < -0.39 is 0 Å². The first-order valence-corrected chi connectivity index (χ1v) is 16.7. The summed E-state index contributed by atoms with van der Waals surface area (Å²) in [6.45, 7) is 2.95. The normalized spacial score (nSPS) is 15.6. The maximum absolute atomic E-state index is 11.6. The predicted molar refractivity (Wildman–Crippen MR) is 184 cm³/mol. The van der Waals surface area contributed by atoms with E-state index in [9.17, 15) is 4.79 Å². The molecule has 0 fully saturated rings. The maximum atomic E-state index is 11.6. The van der Waals surface area contributed by atoms with Gasteiger partial charge in [0.15, 0.2) is 11.5 Å². The van der Waals surface area contributed by atoms with Crippen molar-refractivity contribution in [2.45, 2.75) is 76.5 Å². The predicted octanol–water partition coefficient (Wildman–Crippen LogP) is 7.77.